The summed E-state index contributed by atoms with van der Waals surface area (Å²) in [5, 5.41) is 11.2. The fourth-order valence-corrected chi connectivity index (χ4v) is 2.25. The highest BCUT2D eigenvalue weighted by Crippen LogP contribution is 2.27. The van der Waals surface area contributed by atoms with Crippen molar-refractivity contribution in [2.24, 2.45) is 0 Å². The second-order valence-electron chi connectivity index (χ2n) is 4.13. The summed E-state index contributed by atoms with van der Waals surface area (Å²) in [6.07, 6.45) is -0.718. The zero-order valence-electron chi connectivity index (χ0n) is 9.71. The lowest BCUT2D eigenvalue weighted by molar-refractivity contribution is 0.173. The van der Waals surface area contributed by atoms with Gasteiger partial charge in [0.2, 0.25) is 0 Å². The van der Waals surface area contributed by atoms with E-state index in [1.54, 1.807) is 18.2 Å². The summed E-state index contributed by atoms with van der Waals surface area (Å²) in [4.78, 5) is 0. The Hall–Kier alpha value is -0.800. The van der Waals surface area contributed by atoms with E-state index < -0.39 is 11.9 Å². The van der Waals surface area contributed by atoms with E-state index in [4.69, 9.17) is 34.8 Å². The van der Waals surface area contributed by atoms with Crippen molar-refractivity contribution in [2.75, 3.05) is 0 Å². The van der Waals surface area contributed by atoms with Crippen LogP contribution in [0.4, 0.5) is 4.39 Å². The first-order valence-corrected chi connectivity index (χ1v) is 6.67. The number of halogens is 4. The Morgan fingerprint density at radius 2 is 1.74 bits per heavy atom. The maximum atomic E-state index is 13.7. The molecule has 2 aromatic rings. The van der Waals surface area contributed by atoms with Crippen LogP contribution in [0.15, 0.2) is 36.4 Å². The van der Waals surface area contributed by atoms with E-state index in [-0.39, 0.29) is 12.0 Å². The van der Waals surface area contributed by atoms with E-state index in [1.165, 1.54) is 18.2 Å². The minimum absolute atomic E-state index is 0.204. The molecule has 0 aromatic heterocycles. The Balaban J connectivity index is 2.20. The van der Waals surface area contributed by atoms with Gasteiger partial charge in [0.1, 0.15) is 5.82 Å². The van der Waals surface area contributed by atoms with Gasteiger partial charge in [-0.05, 0) is 29.8 Å². The molecule has 2 aromatic carbocycles. The predicted octanol–water partition coefficient (Wildman–Crippen LogP) is 5.06. The molecule has 0 spiro atoms. The van der Waals surface area contributed by atoms with Crippen LogP contribution in [0.3, 0.4) is 0 Å². The quantitative estimate of drug-likeness (QED) is 0.838. The number of hydrogen-bond donors (Lipinski definition) is 1. The standard InChI is InChI=1S/C14H10Cl3FO/c15-9-2-3-10(13(18)7-9)14(19)6-8-1-4-11(16)12(17)5-8/h1-5,7,14,19H,6H2. The molecule has 5 heteroatoms. The first kappa shape index (κ1) is 14.6. The van der Waals surface area contributed by atoms with Gasteiger partial charge in [0.25, 0.3) is 0 Å². The van der Waals surface area contributed by atoms with Gasteiger partial charge in [0.15, 0.2) is 0 Å². The Bertz CT molecular complexity index is 601. The average molecular weight is 320 g/mol. The van der Waals surface area contributed by atoms with Crippen LogP contribution in [0.2, 0.25) is 15.1 Å². The zero-order valence-corrected chi connectivity index (χ0v) is 12.0. The SMILES string of the molecule is OC(Cc1ccc(Cl)c(Cl)c1)c1ccc(Cl)cc1F. The van der Waals surface area contributed by atoms with E-state index >= 15 is 0 Å². The summed E-state index contributed by atoms with van der Waals surface area (Å²) in [7, 11) is 0. The fourth-order valence-electron chi connectivity index (χ4n) is 1.77. The molecule has 0 aliphatic rings. The highest BCUT2D eigenvalue weighted by molar-refractivity contribution is 6.42. The molecule has 1 N–H and O–H groups in total. The molecule has 0 saturated heterocycles. The first-order chi connectivity index (χ1) is 8.97. The Morgan fingerprint density at radius 1 is 1.00 bits per heavy atom. The number of benzene rings is 2. The normalized spacial score (nSPS) is 12.5. The fraction of sp³-hybridized carbons (Fsp3) is 0.143. The van der Waals surface area contributed by atoms with Crippen molar-refractivity contribution in [1.29, 1.82) is 0 Å². The van der Waals surface area contributed by atoms with E-state index in [0.717, 1.165) is 5.56 Å². The third-order valence-electron chi connectivity index (χ3n) is 2.73. The Labute approximate surface area is 125 Å². The molecule has 100 valence electrons. The number of hydrogen-bond acceptors (Lipinski definition) is 1. The summed E-state index contributed by atoms with van der Waals surface area (Å²) < 4.78 is 13.7. The van der Waals surface area contributed by atoms with Crippen molar-refractivity contribution in [3.05, 3.63) is 68.4 Å². The van der Waals surface area contributed by atoms with Crippen LogP contribution < -0.4 is 0 Å². The summed E-state index contributed by atoms with van der Waals surface area (Å²) in [5.41, 5.74) is 0.978. The summed E-state index contributed by atoms with van der Waals surface area (Å²) >= 11 is 17.4. The van der Waals surface area contributed by atoms with Gasteiger partial charge >= 0.3 is 0 Å². The lowest BCUT2D eigenvalue weighted by Gasteiger charge is -2.12. The number of aliphatic hydroxyl groups excluding tert-OH is 1. The molecular formula is C14H10Cl3FO. The van der Waals surface area contributed by atoms with Gasteiger partial charge in [-0.25, -0.2) is 4.39 Å². The van der Waals surface area contributed by atoms with Crippen molar-refractivity contribution < 1.29 is 9.50 Å². The van der Waals surface area contributed by atoms with Crippen molar-refractivity contribution in [2.45, 2.75) is 12.5 Å². The molecular weight excluding hydrogens is 310 g/mol. The number of aliphatic hydroxyl groups is 1. The lowest BCUT2D eigenvalue weighted by Crippen LogP contribution is -2.04. The van der Waals surface area contributed by atoms with E-state index in [1.807, 2.05) is 0 Å². The van der Waals surface area contributed by atoms with Crippen LogP contribution in [-0.2, 0) is 6.42 Å². The summed E-state index contributed by atoms with van der Waals surface area (Å²) in [5.74, 6) is -0.528. The lowest BCUT2D eigenvalue weighted by atomic mass is 10.0. The van der Waals surface area contributed by atoms with E-state index in [9.17, 15) is 9.50 Å². The third kappa shape index (κ3) is 3.61. The van der Waals surface area contributed by atoms with Gasteiger partial charge < -0.3 is 5.11 Å². The van der Waals surface area contributed by atoms with Gasteiger partial charge in [0, 0.05) is 17.0 Å². The maximum Gasteiger partial charge on any atom is 0.130 e. The van der Waals surface area contributed by atoms with Crippen LogP contribution in [-0.4, -0.2) is 5.11 Å². The molecule has 0 heterocycles. The number of rotatable bonds is 3. The van der Waals surface area contributed by atoms with Crippen molar-refractivity contribution in [3.8, 4) is 0 Å². The van der Waals surface area contributed by atoms with Crippen molar-refractivity contribution in [1.82, 2.24) is 0 Å². The maximum absolute atomic E-state index is 13.7. The predicted molar refractivity (Wildman–Crippen MR) is 76.5 cm³/mol. The molecule has 0 fully saturated rings. The van der Waals surface area contributed by atoms with Crippen LogP contribution in [0.25, 0.3) is 0 Å². The third-order valence-corrected chi connectivity index (χ3v) is 3.71. The molecule has 0 aliphatic heterocycles. The molecule has 0 bridgehead atoms. The zero-order chi connectivity index (χ0) is 14.0. The topological polar surface area (TPSA) is 20.2 Å². The van der Waals surface area contributed by atoms with Crippen molar-refractivity contribution >= 4 is 34.8 Å². The van der Waals surface area contributed by atoms with Gasteiger partial charge in [-0.15, -0.1) is 0 Å². The van der Waals surface area contributed by atoms with Crippen molar-refractivity contribution in [3.63, 3.8) is 0 Å². The van der Waals surface area contributed by atoms with Crippen LogP contribution in [0.5, 0.6) is 0 Å². The molecule has 0 radical (unpaired) electrons. The Morgan fingerprint density at radius 3 is 2.37 bits per heavy atom. The van der Waals surface area contributed by atoms with Gasteiger partial charge in [-0.1, -0.05) is 46.9 Å². The van der Waals surface area contributed by atoms with E-state index in [0.29, 0.717) is 15.1 Å². The average Bonchev–Trinajstić information content (AvgIpc) is 2.33. The van der Waals surface area contributed by atoms with Gasteiger partial charge in [-0.2, -0.15) is 0 Å². The second kappa shape index (κ2) is 6.10. The molecule has 1 atom stereocenters. The Kier molecular flexibility index (Phi) is 4.69. The van der Waals surface area contributed by atoms with Crippen LogP contribution >= 0.6 is 34.8 Å². The smallest absolute Gasteiger partial charge is 0.130 e. The molecule has 1 unspecified atom stereocenters. The second-order valence-corrected chi connectivity index (χ2v) is 5.39. The van der Waals surface area contributed by atoms with Gasteiger partial charge in [-0.3, -0.25) is 0 Å². The van der Waals surface area contributed by atoms with Crippen LogP contribution in [0.1, 0.15) is 17.2 Å². The van der Waals surface area contributed by atoms with Crippen LogP contribution in [0, 0.1) is 5.82 Å². The molecule has 0 aliphatic carbocycles. The summed E-state index contributed by atoms with van der Waals surface area (Å²) in [6, 6.07) is 9.23. The monoisotopic (exact) mass is 318 g/mol. The molecule has 0 amide bonds. The minimum Gasteiger partial charge on any atom is -0.388 e. The highest BCUT2D eigenvalue weighted by atomic mass is 35.5. The minimum atomic E-state index is -0.963. The highest BCUT2D eigenvalue weighted by Gasteiger charge is 2.14. The molecule has 0 saturated carbocycles. The largest absolute Gasteiger partial charge is 0.388 e. The molecule has 19 heavy (non-hydrogen) atoms. The summed E-state index contributed by atoms with van der Waals surface area (Å²) in [6.45, 7) is 0. The first-order valence-electron chi connectivity index (χ1n) is 5.54. The molecule has 1 nitrogen and oxygen atoms in total. The van der Waals surface area contributed by atoms with Gasteiger partial charge in [0.05, 0.1) is 16.1 Å². The van der Waals surface area contributed by atoms with E-state index in [2.05, 4.69) is 0 Å². The molecule has 2 rings (SSSR count).